The summed E-state index contributed by atoms with van der Waals surface area (Å²) in [6, 6.07) is 6.05. The zero-order valence-corrected chi connectivity index (χ0v) is 16.1. The van der Waals surface area contributed by atoms with Crippen molar-refractivity contribution in [1.82, 2.24) is 0 Å². The lowest BCUT2D eigenvalue weighted by molar-refractivity contribution is 0.102. The molecule has 146 valence electrons. The maximum Gasteiger partial charge on any atom is 0.255 e. The molecule has 3 nitrogen and oxygen atoms in total. The number of thioether (sulfide) groups is 1. The molecule has 1 atom stereocenters. The summed E-state index contributed by atoms with van der Waals surface area (Å²) in [4.78, 5) is 13.0. The minimum atomic E-state index is -1.59. The van der Waals surface area contributed by atoms with Crippen molar-refractivity contribution in [2.24, 2.45) is 5.92 Å². The third-order valence-electron chi connectivity index (χ3n) is 4.05. The van der Waals surface area contributed by atoms with Crippen molar-refractivity contribution in [1.29, 1.82) is 0 Å². The van der Waals surface area contributed by atoms with Crippen LogP contribution in [-0.2, 0) is 0 Å². The van der Waals surface area contributed by atoms with Crippen LogP contribution in [0.15, 0.2) is 35.2 Å². The smallest absolute Gasteiger partial charge is 0.255 e. The van der Waals surface area contributed by atoms with E-state index in [0.29, 0.717) is 22.1 Å². The van der Waals surface area contributed by atoms with Gasteiger partial charge < -0.3 is 10.4 Å². The molecular formula is C19H19ClF3NO2S. The topological polar surface area (TPSA) is 49.3 Å². The quantitative estimate of drug-likeness (QED) is 0.439. The molecule has 0 heterocycles. The Morgan fingerprint density at radius 3 is 2.48 bits per heavy atom. The van der Waals surface area contributed by atoms with E-state index in [9.17, 15) is 23.1 Å². The van der Waals surface area contributed by atoms with Crippen molar-refractivity contribution in [3.63, 3.8) is 0 Å². The molecule has 2 aromatic rings. The molecule has 0 radical (unpaired) electrons. The first-order valence-electron chi connectivity index (χ1n) is 8.34. The molecule has 8 heteroatoms. The van der Waals surface area contributed by atoms with Crippen LogP contribution in [0.1, 0.15) is 30.1 Å². The number of hydrogen-bond donors (Lipinski definition) is 2. The zero-order valence-electron chi connectivity index (χ0n) is 14.6. The zero-order chi connectivity index (χ0) is 20.0. The maximum atomic E-state index is 13.3. The highest BCUT2D eigenvalue weighted by Crippen LogP contribution is 2.30. The van der Waals surface area contributed by atoms with Gasteiger partial charge in [-0.25, -0.2) is 13.2 Å². The van der Waals surface area contributed by atoms with Crippen LogP contribution in [0.3, 0.4) is 0 Å². The van der Waals surface area contributed by atoms with Crippen LogP contribution in [0.2, 0.25) is 5.02 Å². The number of aliphatic hydroxyl groups excluding tert-OH is 1. The molecule has 0 saturated carbocycles. The fourth-order valence-electron chi connectivity index (χ4n) is 2.35. The Morgan fingerprint density at radius 2 is 1.89 bits per heavy atom. The molecule has 0 aliphatic carbocycles. The largest absolute Gasteiger partial charge is 0.396 e. The van der Waals surface area contributed by atoms with Gasteiger partial charge >= 0.3 is 0 Å². The predicted octanol–water partition coefficient (Wildman–Crippen LogP) is 5.51. The van der Waals surface area contributed by atoms with Crippen LogP contribution < -0.4 is 5.32 Å². The highest BCUT2D eigenvalue weighted by atomic mass is 35.5. The molecule has 0 aliphatic rings. The predicted molar refractivity (Wildman–Crippen MR) is 102 cm³/mol. The summed E-state index contributed by atoms with van der Waals surface area (Å²) < 4.78 is 39.5. The monoisotopic (exact) mass is 417 g/mol. The molecule has 0 aliphatic heterocycles. The van der Waals surface area contributed by atoms with Crippen molar-refractivity contribution in [2.75, 3.05) is 17.7 Å². The first-order valence-corrected chi connectivity index (χ1v) is 9.71. The molecule has 0 fully saturated rings. The summed E-state index contributed by atoms with van der Waals surface area (Å²) in [7, 11) is 0. The number of nitrogens with one attached hydrogen (secondary N) is 1. The van der Waals surface area contributed by atoms with Gasteiger partial charge in [0.1, 0.15) is 0 Å². The summed E-state index contributed by atoms with van der Waals surface area (Å²) in [6.45, 7) is 2.13. The van der Waals surface area contributed by atoms with E-state index in [1.165, 1.54) is 17.8 Å². The Balaban J connectivity index is 2.08. The number of anilines is 1. The van der Waals surface area contributed by atoms with Crippen molar-refractivity contribution < 1.29 is 23.1 Å². The third-order valence-corrected chi connectivity index (χ3v) is 5.58. The SMILES string of the molecule is CCC(CO)CCSc1cc(C(=O)Nc2cc(F)c(F)c(F)c2)ccc1Cl. The van der Waals surface area contributed by atoms with Gasteiger partial charge in [-0.3, -0.25) is 4.79 Å². The van der Waals surface area contributed by atoms with Gasteiger partial charge in [-0.15, -0.1) is 11.8 Å². The number of amides is 1. The fourth-order valence-corrected chi connectivity index (χ4v) is 3.71. The van der Waals surface area contributed by atoms with Crippen LogP contribution in [0, 0.1) is 23.4 Å². The van der Waals surface area contributed by atoms with Crippen molar-refractivity contribution in [2.45, 2.75) is 24.7 Å². The Bertz CT molecular complexity index is 793. The van der Waals surface area contributed by atoms with Gasteiger partial charge in [0.2, 0.25) is 0 Å². The Kier molecular flexibility index (Phi) is 8.01. The van der Waals surface area contributed by atoms with E-state index in [4.69, 9.17) is 11.6 Å². The molecule has 0 spiro atoms. The van der Waals surface area contributed by atoms with E-state index in [-0.39, 0.29) is 23.8 Å². The Labute approximate surface area is 164 Å². The number of hydrogen-bond acceptors (Lipinski definition) is 3. The molecule has 0 aromatic heterocycles. The van der Waals surface area contributed by atoms with E-state index in [1.807, 2.05) is 6.92 Å². The summed E-state index contributed by atoms with van der Waals surface area (Å²) in [5.41, 5.74) is 0.0653. The summed E-state index contributed by atoms with van der Waals surface area (Å²) in [5, 5.41) is 12.0. The minimum absolute atomic E-state index is 0.123. The number of benzene rings is 2. The molecule has 1 amide bonds. The normalized spacial score (nSPS) is 12.1. The van der Waals surface area contributed by atoms with E-state index < -0.39 is 23.4 Å². The molecule has 2 rings (SSSR count). The van der Waals surface area contributed by atoms with Gasteiger partial charge in [0.15, 0.2) is 17.5 Å². The number of carbonyl (C=O) groups is 1. The first kappa shape index (κ1) is 21.6. The summed E-state index contributed by atoms with van der Waals surface area (Å²) in [5.74, 6) is -4.02. The van der Waals surface area contributed by atoms with E-state index in [1.54, 1.807) is 12.1 Å². The number of aliphatic hydroxyl groups is 1. The average Bonchev–Trinajstić information content (AvgIpc) is 2.64. The highest BCUT2D eigenvalue weighted by Gasteiger charge is 2.14. The van der Waals surface area contributed by atoms with Crippen LogP contribution in [-0.4, -0.2) is 23.4 Å². The van der Waals surface area contributed by atoms with Crippen molar-refractivity contribution >= 4 is 35.0 Å². The van der Waals surface area contributed by atoms with E-state index >= 15 is 0 Å². The summed E-state index contributed by atoms with van der Waals surface area (Å²) >= 11 is 7.62. The van der Waals surface area contributed by atoms with Crippen LogP contribution in [0.5, 0.6) is 0 Å². The second-order valence-corrected chi connectivity index (χ2v) is 7.49. The van der Waals surface area contributed by atoms with Gasteiger partial charge in [-0.1, -0.05) is 24.9 Å². The molecule has 0 bridgehead atoms. The van der Waals surface area contributed by atoms with Gasteiger partial charge in [0, 0.05) is 34.9 Å². The first-order chi connectivity index (χ1) is 12.8. The molecule has 2 aromatic carbocycles. The molecule has 1 unspecified atom stereocenters. The van der Waals surface area contributed by atoms with Crippen molar-refractivity contribution in [3.8, 4) is 0 Å². The van der Waals surface area contributed by atoms with Crippen LogP contribution >= 0.6 is 23.4 Å². The van der Waals surface area contributed by atoms with Gasteiger partial charge in [0.25, 0.3) is 5.91 Å². The van der Waals surface area contributed by atoms with E-state index in [2.05, 4.69) is 5.32 Å². The molecular weight excluding hydrogens is 399 g/mol. The Hall–Kier alpha value is -1.70. The molecule has 27 heavy (non-hydrogen) atoms. The van der Waals surface area contributed by atoms with Crippen LogP contribution in [0.25, 0.3) is 0 Å². The standard InChI is InChI=1S/C19H19ClF3NO2S/c1-2-11(10-25)5-6-27-17-7-12(3-4-14(17)20)19(26)24-13-8-15(21)18(23)16(22)9-13/h3-4,7-9,11,25H,2,5-6,10H2,1H3,(H,24,26). The number of halogens is 4. The third kappa shape index (κ3) is 5.89. The van der Waals surface area contributed by atoms with Crippen LogP contribution in [0.4, 0.5) is 18.9 Å². The number of carbonyl (C=O) groups excluding carboxylic acids is 1. The number of rotatable bonds is 8. The maximum absolute atomic E-state index is 13.3. The van der Waals surface area contributed by atoms with Gasteiger partial charge in [-0.2, -0.15) is 0 Å². The summed E-state index contributed by atoms with van der Waals surface area (Å²) in [6.07, 6.45) is 1.68. The second-order valence-electron chi connectivity index (χ2n) is 5.95. The highest BCUT2D eigenvalue weighted by molar-refractivity contribution is 7.99. The average molecular weight is 418 g/mol. The lowest BCUT2D eigenvalue weighted by atomic mass is 10.1. The minimum Gasteiger partial charge on any atom is -0.396 e. The lowest BCUT2D eigenvalue weighted by Gasteiger charge is -2.12. The van der Waals surface area contributed by atoms with E-state index in [0.717, 1.165) is 18.6 Å². The lowest BCUT2D eigenvalue weighted by Crippen LogP contribution is -2.13. The van der Waals surface area contributed by atoms with Crippen molar-refractivity contribution in [3.05, 3.63) is 58.4 Å². The van der Waals surface area contributed by atoms with Gasteiger partial charge in [0.05, 0.1) is 5.02 Å². The molecule has 0 saturated heterocycles. The fraction of sp³-hybridized carbons (Fsp3) is 0.316. The second kappa shape index (κ2) is 10.0. The Morgan fingerprint density at radius 1 is 1.22 bits per heavy atom. The van der Waals surface area contributed by atoms with Gasteiger partial charge in [-0.05, 0) is 36.3 Å². The molecule has 2 N–H and O–H groups in total.